The molecule has 114 valence electrons. The summed E-state index contributed by atoms with van der Waals surface area (Å²) in [4.78, 5) is 0. The largest absolute Gasteiger partial charge is 0.379 e. The number of unbranched alkanes of at least 4 members (excludes halogenated alkanes) is 8. The third-order valence-electron chi connectivity index (χ3n) is 3.05. The van der Waals surface area contributed by atoms with Crippen LogP contribution >= 0.6 is 12.6 Å². The van der Waals surface area contributed by atoms with Gasteiger partial charge in [-0.25, -0.2) is 0 Å². The molecule has 0 aliphatic heterocycles. The van der Waals surface area contributed by atoms with Crippen molar-refractivity contribution in [2.24, 2.45) is 0 Å². The van der Waals surface area contributed by atoms with Crippen LogP contribution in [-0.2, 0) is 9.47 Å². The predicted molar refractivity (Wildman–Crippen MR) is 87.2 cm³/mol. The lowest BCUT2D eigenvalue weighted by Gasteiger charge is -2.04. The molecule has 0 rings (SSSR count). The van der Waals surface area contributed by atoms with Crippen molar-refractivity contribution in [3.8, 4) is 0 Å². The molecule has 0 fully saturated rings. The number of hydrogen-bond acceptors (Lipinski definition) is 3. The SMILES string of the molecule is C=CCOCCOCCCCCCCCCCCS. The zero-order valence-corrected chi connectivity index (χ0v) is 13.3. The fraction of sp³-hybridized carbons (Fsp3) is 0.875. The number of hydrogen-bond donors (Lipinski definition) is 1. The quantitative estimate of drug-likeness (QED) is 0.253. The van der Waals surface area contributed by atoms with Crippen LogP contribution in [0.25, 0.3) is 0 Å². The summed E-state index contributed by atoms with van der Waals surface area (Å²) >= 11 is 4.22. The second kappa shape index (κ2) is 18.0. The molecule has 19 heavy (non-hydrogen) atoms. The van der Waals surface area contributed by atoms with E-state index in [2.05, 4.69) is 19.2 Å². The van der Waals surface area contributed by atoms with E-state index in [0.29, 0.717) is 19.8 Å². The molecule has 2 nitrogen and oxygen atoms in total. The van der Waals surface area contributed by atoms with Crippen molar-refractivity contribution in [1.29, 1.82) is 0 Å². The van der Waals surface area contributed by atoms with Crippen LogP contribution < -0.4 is 0 Å². The van der Waals surface area contributed by atoms with Crippen LogP contribution in [0.15, 0.2) is 12.7 Å². The van der Waals surface area contributed by atoms with Gasteiger partial charge in [-0.2, -0.15) is 12.6 Å². The standard InChI is InChI=1S/C16H32O2S/c1-2-12-17-14-15-18-13-10-8-6-4-3-5-7-9-11-16-19/h2,19H,1,3-16H2. The molecular formula is C16H32O2S. The summed E-state index contributed by atoms with van der Waals surface area (Å²) in [5.41, 5.74) is 0. The van der Waals surface area contributed by atoms with E-state index in [1.165, 1.54) is 57.8 Å². The Hall–Kier alpha value is 0.0100. The van der Waals surface area contributed by atoms with Gasteiger partial charge in [0.2, 0.25) is 0 Å². The first-order valence-electron chi connectivity index (χ1n) is 7.79. The van der Waals surface area contributed by atoms with Gasteiger partial charge < -0.3 is 9.47 Å². The number of thiol groups is 1. The van der Waals surface area contributed by atoms with E-state index >= 15 is 0 Å². The Bertz CT molecular complexity index is 174. The Morgan fingerprint density at radius 3 is 1.79 bits per heavy atom. The molecule has 0 aliphatic rings. The van der Waals surface area contributed by atoms with E-state index in [0.717, 1.165) is 12.4 Å². The van der Waals surface area contributed by atoms with Gasteiger partial charge in [0.15, 0.2) is 0 Å². The highest BCUT2D eigenvalue weighted by atomic mass is 32.1. The molecule has 3 heteroatoms. The predicted octanol–water partition coefficient (Wildman–Crippen LogP) is 4.65. The van der Waals surface area contributed by atoms with E-state index in [1.807, 2.05) is 0 Å². The molecular weight excluding hydrogens is 256 g/mol. The van der Waals surface area contributed by atoms with E-state index in [-0.39, 0.29) is 0 Å². The number of ether oxygens (including phenoxy) is 2. The summed E-state index contributed by atoms with van der Waals surface area (Å²) in [6.45, 7) is 6.48. The minimum Gasteiger partial charge on any atom is -0.379 e. The van der Waals surface area contributed by atoms with Crippen molar-refractivity contribution in [3.63, 3.8) is 0 Å². The second-order valence-electron chi connectivity index (χ2n) is 4.88. The normalized spacial score (nSPS) is 10.8. The van der Waals surface area contributed by atoms with E-state index < -0.39 is 0 Å². The molecule has 0 amide bonds. The van der Waals surface area contributed by atoms with Gasteiger partial charge in [0.05, 0.1) is 19.8 Å². The fourth-order valence-electron chi connectivity index (χ4n) is 1.94. The molecule has 0 unspecified atom stereocenters. The average molecular weight is 288 g/mol. The first-order valence-corrected chi connectivity index (χ1v) is 8.42. The highest BCUT2D eigenvalue weighted by Crippen LogP contribution is 2.09. The van der Waals surface area contributed by atoms with Crippen molar-refractivity contribution in [2.75, 3.05) is 32.2 Å². The topological polar surface area (TPSA) is 18.5 Å². The molecule has 0 aromatic heterocycles. The Morgan fingerprint density at radius 1 is 0.684 bits per heavy atom. The highest BCUT2D eigenvalue weighted by molar-refractivity contribution is 7.80. The van der Waals surface area contributed by atoms with E-state index in [9.17, 15) is 0 Å². The van der Waals surface area contributed by atoms with Crippen LogP contribution in [0.5, 0.6) is 0 Å². The van der Waals surface area contributed by atoms with Gasteiger partial charge in [-0.15, -0.1) is 6.58 Å². The van der Waals surface area contributed by atoms with Crippen LogP contribution in [0.3, 0.4) is 0 Å². The summed E-state index contributed by atoms with van der Waals surface area (Å²) in [5.74, 6) is 1.04. The van der Waals surface area contributed by atoms with Crippen molar-refractivity contribution >= 4 is 12.6 Å². The van der Waals surface area contributed by atoms with Gasteiger partial charge in [-0.1, -0.05) is 51.0 Å². The zero-order chi connectivity index (χ0) is 14.0. The third kappa shape index (κ3) is 18.0. The van der Waals surface area contributed by atoms with Crippen molar-refractivity contribution in [2.45, 2.75) is 57.8 Å². The first kappa shape index (κ1) is 19.0. The van der Waals surface area contributed by atoms with Crippen molar-refractivity contribution < 1.29 is 9.47 Å². The smallest absolute Gasteiger partial charge is 0.0704 e. The lowest BCUT2D eigenvalue weighted by Crippen LogP contribution is -2.05. The maximum atomic E-state index is 5.49. The van der Waals surface area contributed by atoms with Gasteiger partial charge in [-0.3, -0.25) is 0 Å². The van der Waals surface area contributed by atoms with Crippen LogP contribution in [0, 0.1) is 0 Å². The summed E-state index contributed by atoms with van der Waals surface area (Å²) in [7, 11) is 0. The third-order valence-corrected chi connectivity index (χ3v) is 3.37. The molecule has 0 saturated carbocycles. The molecule has 0 saturated heterocycles. The van der Waals surface area contributed by atoms with E-state index in [4.69, 9.17) is 9.47 Å². The van der Waals surface area contributed by atoms with Crippen molar-refractivity contribution in [1.82, 2.24) is 0 Å². The Kier molecular flexibility index (Phi) is 18.0. The Balaban J connectivity index is 2.89. The average Bonchev–Trinajstić information content (AvgIpc) is 2.43. The molecule has 0 aromatic carbocycles. The molecule has 0 aromatic rings. The maximum absolute atomic E-state index is 5.49. The van der Waals surface area contributed by atoms with Crippen LogP contribution in [0.2, 0.25) is 0 Å². The molecule has 0 N–H and O–H groups in total. The van der Waals surface area contributed by atoms with Gasteiger partial charge in [0.25, 0.3) is 0 Å². The molecule has 0 aliphatic carbocycles. The number of rotatable bonds is 16. The lowest BCUT2D eigenvalue weighted by atomic mass is 10.1. The van der Waals surface area contributed by atoms with Crippen LogP contribution in [0.4, 0.5) is 0 Å². The van der Waals surface area contributed by atoms with Crippen molar-refractivity contribution in [3.05, 3.63) is 12.7 Å². The maximum Gasteiger partial charge on any atom is 0.0704 e. The summed E-state index contributed by atoms with van der Waals surface area (Å²) < 4.78 is 10.7. The zero-order valence-electron chi connectivity index (χ0n) is 12.4. The molecule has 0 atom stereocenters. The molecule has 0 bridgehead atoms. The Labute approximate surface area is 125 Å². The van der Waals surface area contributed by atoms with Gasteiger partial charge >= 0.3 is 0 Å². The monoisotopic (exact) mass is 288 g/mol. The Morgan fingerprint density at radius 2 is 1.21 bits per heavy atom. The van der Waals surface area contributed by atoms with Gasteiger partial charge in [0.1, 0.15) is 0 Å². The fourth-order valence-corrected chi connectivity index (χ4v) is 2.16. The molecule has 0 heterocycles. The van der Waals surface area contributed by atoms with Gasteiger partial charge in [0, 0.05) is 6.61 Å². The molecule has 0 radical (unpaired) electrons. The highest BCUT2D eigenvalue weighted by Gasteiger charge is 1.93. The lowest BCUT2D eigenvalue weighted by molar-refractivity contribution is 0.0567. The minimum absolute atomic E-state index is 0.622. The summed E-state index contributed by atoms with van der Waals surface area (Å²) in [5, 5.41) is 0. The minimum atomic E-state index is 0.622. The van der Waals surface area contributed by atoms with Crippen LogP contribution in [-0.4, -0.2) is 32.2 Å². The van der Waals surface area contributed by atoms with Gasteiger partial charge in [-0.05, 0) is 18.6 Å². The second-order valence-corrected chi connectivity index (χ2v) is 5.33. The summed E-state index contributed by atoms with van der Waals surface area (Å²) in [6, 6.07) is 0. The molecule has 0 spiro atoms. The van der Waals surface area contributed by atoms with E-state index in [1.54, 1.807) is 6.08 Å². The van der Waals surface area contributed by atoms with Crippen LogP contribution in [0.1, 0.15) is 57.8 Å². The first-order chi connectivity index (χ1) is 9.41. The summed E-state index contributed by atoms with van der Waals surface area (Å²) in [6.07, 6.45) is 13.8.